The summed E-state index contributed by atoms with van der Waals surface area (Å²) in [5.74, 6) is 0. The fourth-order valence-corrected chi connectivity index (χ4v) is 2.69. The Bertz CT molecular complexity index is 291. The van der Waals surface area contributed by atoms with Crippen LogP contribution < -0.4 is 5.73 Å². The van der Waals surface area contributed by atoms with Crippen LogP contribution in [0.2, 0.25) is 0 Å². The Kier molecular flexibility index (Phi) is 4.70. The summed E-state index contributed by atoms with van der Waals surface area (Å²) in [4.78, 5) is 1.39. The third kappa shape index (κ3) is 3.63. The van der Waals surface area contributed by atoms with Crippen LogP contribution in [0.3, 0.4) is 0 Å². The van der Waals surface area contributed by atoms with Crippen molar-refractivity contribution in [3.63, 3.8) is 0 Å². The minimum Gasteiger partial charge on any atom is -0.330 e. The lowest BCUT2D eigenvalue weighted by molar-refractivity contribution is 0.984. The lowest BCUT2D eigenvalue weighted by Gasteiger charge is -1.99. The van der Waals surface area contributed by atoms with Crippen LogP contribution in [-0.2, 0) is 6.42 Å². The van der Waals surface area contributed by atoms with Crippen LogP contribution in [0.1, 0.15) is 18.2 Å². The molecule has 0 saturated heterocycles. The molecule has 0 radical (unpaired) electrons. The molecule has 0 aromatic carbocycles. The van der Waals surface area contributed by atoms with Gasteiger partial charge in [-0.15, -0.1) is 11.3 Å². The highest BCUT2D eigenvalue weighted by molar-refractivity contribution is 9.10. The Morgan fingerprint density at radius 1 is 1.69 bits per heavy atom. The molecule has 3 heteroatoms. The summed E-state index contributed by atoms with van der Waals surface area (Å²) in [7, 11) is 0. The number of nitrogens with two attached hydrogens (primary N) is 1. The van der Waals surface area contributed by atoms with Crippen LogP contribution in [0.5, 0.6) is 0 Å². The predicted octanol–water partition coefficient (Wildman–Crippen LogP) is 3.35. The first-order valence-corrected chi connectivity index (χ1v) is 5.99. The molecule has 0 aliphatic heterocycles. The van der Waals surface area contributed by atoms with Gasteiger partial charge in [0.05, 0.1) is 0 Å². The Hall–Kier alpha value is -0.120. The van der Waals surface area contributed by atoms with Crippen molar-refractivity contribution in [2.24, 2.45) is 5.73 Å². The second kappa shape index (κ2) is 5.58. The first-order chi connectivity index (χ1) is 6.24. The van der Waals surface area contributed by atoms with Crippen molar-refractivity contribution >= 4 is 27.3 Å². The zero-order valence-electron chi connectivity index (χ0n) is 7.72. The smallest absolute Gasteiger partial charge is 0.0317 e. The molecule has 1 aromatic rings. The summed E-state index contributed by atoms with van der Waals surface area (Å²) in [6.45, 7) is 2.89. The van der Waals surface area contributed by atoms with Gasteiger partial charge in [-0.05, 0) is 47.3 Å². The summed E-state index contributed by atoms with van der Waals surface area (Å²) in [6.07, 6.45) is 4.24. The van der Waals surface area contributed by atoms with E-state index in [9.17, 15) is 0 Å². The summed E-state index contributed by atoms with van der Waals surface area (Å²) in [5.41, 5.74) is 6.83. The molecule has 0 spiro atoms. The molecule has 2 N–H and O–H groups in total. The molecule has 0 atom stereocenters. The van der Waals surface area contributed by atoms with Crippen LogP contribution >= 0.6 is 27.3 Å². The highest BCUT2D eigenvalue weighted by Gasteiger charge is 2.01. The number of rotatable bonds is 4. The molecule has 0 saturated carbocycles. The fourth-order valence-electron chi connectivity index (χ4n) is 1.11. The molecule has 0 fully saturated rings. The van der Waals surface area contributed by atoms with Gasteiger partial charge < -0.3 is 5.73 Å². The zero-order valence-corrected chi connectivity index (χ0v) is 10.1. The van der Waals surface area contributed by atoms with Gasteiger partial charge in [0.15, 0.2) is 0 Å². The third-order valence-corrected chi connectivity index (χ3v) is 3.72. The lowest BCUT2D eigenvalue weighted by Crippen LogP contribution is -1.96. The number of hydrogen-bond acceptors (Lipinski definition) is 2. The summed E-state index contributed by atoms with van der Waals surface area (Å²) >= 11 is 5.31. The Balaban J connectivity index is 2.54. The van der Waals surface area contributed by atoms with E-state index in [-0.39, 0.29) is 0 Å². The maximum absolute atomic E-state index is 5.43. The van der Waals surface area contributed by atoms with E-state index in [0.29, 0.717) is 0 Å². The number of hydrogen-bond donors (Lipinski definition) is 1. The molecule has 1 heterocycles. The number of allylic oxidation sites excluding steroid dienone is 1. The Labute approximate surface area is 91.8 Å². The molecule has 72 valence electrons. The molecular weight excluding hydrogens is 246 g/mol. The van der Waals surface area contributed by atoms with Crippen LogP contribution in [0.15, 0.2) is 27.6 Å². The average Bonchev–Trinajstić information content (AvgIpc) is 2.48. The zero-order chi connectivity index (χ0) is 9.68. The summed E-state index contributed by atoms with van der Waals surface area (Å²) in [5, 5.41) is 2.11. The maximum Gasteiger partial charge on any atom is 0.0317 e. The largest absolute Gasteiger partial charge is 0.330 e. The predicted molar refractivity (Wildman–Crippen MR) is 63.2 cm³/mol. The van der Waals surface area contributed by atoms with Crippen LogP contribution in [-0.4, -0.2) is 6.54 Å². The summed E-state index contributed by atoms with van der Waals surface area (Å²) < 4.78 is 1.22. The third-order valence-electron chi connectivity index (χ3n) is 1.79. The quantitative estimate of drug-likeness (QED) is 0.825. The van der Waals surface area contributed by atoms with Crippen LogP contribution in [0, 0.1) is 0 Å². The molecule has 0 bridgehead atoms. The van der Waals surface area contributed by atoms with Gasteiger partial charge in [-0.25, -0.2) is 0 Å². The van der Waals surface area contributed by atoms with E-state index in [2.05, 4.69) is 40.4 Å². The van der Waals surface area contributed by atoms with E-state index < -0.39 is 0 Å². The van der Waals surface area contributed by atoms with E-state index in [4.69, 9.17) is 5.73 Å². The van der Waals surface area contributed by atoms with Gasteiger partial charge >= 0.3 is 0 Å². The molecule has 0 aliphatic carbocycles. The van der Waals surface area contributed by atoms with Gasteiger partial charge in [0.2, 0.25) is 0 Å². The topological polar surface area (TPSA) is 26.0 Å². The van der Waals surface area contributed by atoms with E-state index in [1.807, 2.05) is 0 Å². The van der Waals surface area contributed by atoms with Gasteiger partial charge in [-0.1, -0.05) is 11.6 Å². The molecule has 13 heavy (non-hydrogen) atoms. The normalized spacial score (nSPS) is 12.1. The molecule has 1 aromatic heterocycles. The van der Waals surface area contributed by atoms with E-state index in [1.165, 1.54) is 14.9 Å². The average molecular weight is 260 g/mol. The van der Waals surface area contributed by atoms with E-state index in [1.54, 1.807) is 11.3 Å². The molecule has 1 nitrogen and oxygen atoms in total. The van der Waals surface area contributed by atoms with Gasteiger partial charge in [0.1, 0.15) is 0 Å². The monoisotopic (exact) mass is 259 g/mol. The minimum atomic E-state index is 0.739. The van der Waals surface area contributed by atoms with Crippen molar-refractivity contribution in [3.05, 3.63) is 32.4 Å². The first-order valence-electron chi connectivity index (χ1n) is 4.31. The van der Waals surface area contributed by atoms with Gasteiger partial charge in [-0.2, -0.15) is 0 Å². The second-order valence-electron chi connectivity index (χ2n) is 3.00. The summed E-state index contributed by atoms with van der Waals surface area (Å²) in [6, 6.07) is 2.09. The Morgan fingerprint density at radius 2 is 2.46 bits per heavy atom. The molecule has 0 unspecified atom stereocenters. The van der Waals surface area contributed by atoms with E-state index >= 15 is 0 Å². The minimum absolute atomic E-state index is 0.739. The highest BCUT2D eigenvalue weighted by Crippen LogP contribution is 2.25. The first kappa shape index (κ1) is 11.0. The van der Waals surface area contributed by atoms with Crippen molar-refractivity contribution in [1.82, 2.24) is 0 Å². The van der Waals surface area contributed by atoms with Crippen LogP contribution in [0.4, 0.5) is 0 Å². The van der Waals surface area contributed by atoms with Crippen LogP contribution in [0.25, 0.3) is 0 Å². The van der Waals surface area contributed by atoms with Crippen molar-refractivity contribution in [2.45, 2.75) is 19.8 Å². The molecule has 1 rings (SSSR count). The maximum atomic E-state index is 5.43. The van der Waals surface area contributed by atoms with Crippen molar-refractivity contribution in [2.75, 3.05) is 6.54 Å². The number of thiophene rings is 1. The standard InChI is InChI=1S/C10H14BrNS/c1-8(3-2-5-12)7-10-9(11)4-6-13-10/h3-4,6H,2,5,7,12H2,1H3. The second-order valence-corrected chi connectivity index (χ2v) is 4.85. The van der Waals surface area contributed by atoms with Crippen molar-refractivity contribution in [3.8, 4) is 0 Å². The molecule has 0 aliphatic rings. The lowest BCUT2D eigenvalue weighted by atomic mass is 10.1. The SMILES string of the molecule is CC(=CCCN)Cc1sccc1Br. The van der Waals surface area contributed by atoms with Gasteiger partial charge in [-0.3, -0.25) is 0 Å². The number of halogens is 1. The highest BCUT2D eigenvalue weighted by atomic mass is 79.9. The Morgan fingerprint density at radius 3 is 3.00 bits per heavy atom. The van der Waals surface area contributed by atoms with Crippen molar-refractivity contribution in [1.29, 1.82) is 0 Å². The molecule has 0 amide bonds. The van der Waals surface area contributed by atoms with Gasteiger partial charge in [0.25, 0.3) is 0 Å². The van der Waals surface area contributed by atoms with Crippen molar-refractivity contribution < 1.29 is 0 Å². The molecular formula is C10H14BrNS. The van der Waals surface area contributed by atoms with Gasteiger partial charge in [0, 0.05) is 15.8 Å². The fraction of sp³-hybridized carbons (Fsp3) is 0.400. The van der Waals surface area contributed by atoms with E-state index in [0.717, 1.165) is 19.4 Å².